The van der Waals surface area contributed by atoms with E-state index in [-0.39, 0.29) is 5.54 Å². The van der Waals surface area contributed by atoms with Crippen molar-refractivity contribution in [3.8, 4) is 0 Å². The second kappa shape index (κ2) is 6.23. The zero-order valence-electron chi connectivity index (χ0n) is 12.2. The van der Waals surface area contributed by atoms with E-state index in [1.807, 2.05) is 13.0 Å². The zero-order chi connectivity index (χ0) is 14.6. The summed E-state index contributed by atoms with van der Waals surface area (Å²) in [5.41, 5.74) is 2.18. The third kappa shape index (κ3) is 3.94. The van der Waals surface area contributed by atoms with Crippen molar-refractivity contribution in [3.05, 3.63) is 52.9 Å². The Labute approximate surface area is 125 Å². The van der Waals surface area contributed by atoms with Gasteiger partial charge in [0.2, 0.25) is 0 Å². The molecule has 0 fully saturated rings. The lowest BCUT2D eigenvalue weighted by molar-refractivity contribution is 0.516. The number of nitrogens with one attached hydrogen (secondary N) is 1. The Kier molecular flexibility index (Phi) is 4.61. The molecule has 0 amide bonds. The molecule has 1 heterocycles. The Hall–Kier alpha value is -1.61. The SMILES string of the molecule is Cc1c(Cl)ncnc1NC(C)(C)CCc1ccccc1. The summed E-state index contributed by atoms with van der Waals surface area (Å²) in [6, 6.07) is 10.5. The van der Waals surface area contributed by atoms with Crippen molar-refractivity contribution in [1.29, 1.82) is 0 Å². The molecule has 0 aliphatic rings. The summed E-state index contributed by atoms with van der Waals surface area (Å²) >= 11 is 6.02. The van der Waals surface area contributed by atoms with E-state index in [4.69, 9.17) is 11.6 Å². The predicted octanol–water partition coefficient (Wildman–Crippen LogP) is 4.26. The molecule has 20 heavy (non-hydrogen) atoms. The van der Waals surface area contributed by atoms with Crippen LogP contribution >= 0.6 is 11.6 Å². The molecule has 2 rings (SSSR count). The van der Waals surface area contributed by atoms with Gasteiger partial charge in [-0.3, -0.25) is 0 Å². The molecule has 0 bridgehead atoms. The lowest BCUT2D eigenvalue weighted by Gasteiger charge is -2.28. The lowest BCUT2D eigenvalue weighted by atomic mass is 9.95. The molecule has 1 aromatic carbocycles. The van der Waals surface area contributed by atoms with E-state index >= 15 is 0 Å². The molecule has 0 saturated carbocycles. The van der Waals surface area contributed by atoms with Crippen LogP contribution in [0, 0.1) is 6.92 Å². The van der Waals surface area contributed by atoms with Gasteiger partial charge in [-0.15, -0.1) is 0 Å². The number of benzene rings is 1. The standard InChI is InChI=1S/C16H20ClN3/c1-12-14(17)18-11-19-15(12)20-16(2,3)10-9-13-7-5-4-6-8-13/h4-8,11H,9-10H2,1-3H3,(H,18,19,20). The molecule has 2 aromatic rings. The maximum absolute atomic E-state index is 6.02. The Morgan fingerprint density at radius 2 is 1.85 bits per heavy atom. The Morgan fingerprint density at radius 3 is 2.55 bits per heavy atom. The molecule has 4 heteroatoms. The Balaban J connectivity index is 2.02. The van der Waals surface area contributed by atoms with Crippen molar-refractivity contribution in [2.75, 3.05) is 5.32 Å². The number of hydrogen-bond acceptors (Lipinski definition) is 3. The van der Waals surface area contributed by atoms with Crippen molar-refractivity contribution in [3.63, 3.8) is 0 Å². The van der Waals surface area contributed by atoms with Crippen LogP contribution in [-0.2, 0) is 6.42 Å². The molecular formula is C16H20ClN3. The summed E-state index contributed by atoms with van der Waals surface area (Å²) in [4.78, 5) is 8.25. The fourth-order valence-corrected chi connectivity index (χ4v) is 2.17. The summed E-state index contributed by atoms with van der Waals surface area (Å²) in [7, 11) is 0. The van der Waals surface area contributed by atoms with Crippen LogP contribution in [-0.4, -0.2) is 15.5 Å². The normalized spacial score (nSPS) is 11.4. The van der Waals surface area contributed by atoms with E-state index in [1.165, 1.54) is 11.9 Å². The van der Waals surface area contributed by atoms with Crippen LogP contribution in [0.15, 0.2) is 36.7 Å². The van der Waals surface area contributed by atoms with Gasteiger partial charge in [0.15, 0.2) is 0 Å². The number of aromatic nitrogens is 2. The highest BCUT2D eigenvalue weighted by atomic mass is 35.5. The summed E-state index contributed by atoms with van der Waals surface area (Å²) in [6.07, 6.45) is 3.53. The first kappa shape index (κ1) is 14.8. The molecule has 1 N–H and O–H groups in total. The summed E-state index contributed by atoms with van der Waals surface area (Å²) in [5, 5.41) is 3.96. The van der Waals surface area contributed by atoms with E-state index < -0.39 is 0 Å². The highest BCUT2D eigenvalue weighted by Crippen LogP contribution is 2.24. The molecule has 3 nitrogen and oxygen atoms in total. The van der Waals surface area contributed by atoms with Gasteiger partial charge >= 0.3 is 0 Å². The molecule has 1 aromatic heterocycles. The maximum atomic E-state index is 6.02. The second-order valence-corrected chi connectivity index (χ2v) is 5.99. The van der Waals surface area contributed by atoms with Crippen molar-refractivity contribution < 1.29 is 0 Å². The number of aryl methyl sites for hydroxylation is 1. The molecule has 106 valence electrons. The summed E-state index contributed by atoms with van der Waals surface area (Å²) in [5.74, 6) is 0.808. The van der Waals surface area contributed by atoms with Crippen molar-refractivity contribution in [1.82, 2.24) is 9.97 Å². The smallest absolute Gasteiger partial charge is 0.137 e. The molecule has 0 spiro atoms. The van der Waals surface area contributed by atoms with E-state index in [2.05, 4.69) is 53.4 Å². The van der Waals surface area contributed by atoms with Crippen LogP contribution in [0.4, 0.5) is 5.82 Å². The number of rotatable bonds is 5. The van der Waals surface area contributed by atoms with Gasteiger partial charge in [-0.25, -0.2) is 9.97 Å². The second-order valence-electron chi connectivity index (χ2n) is 5.63. The maximum Gasteiger partial charge on any atom is 0.137 e. The van der Waals surface area contributed by atoms with Gasteiger partial charge in [-0.1, -0.05) is 41.9 Å². The van der Waals surface area contributed by atoms with Gasteiger partial charge in [-0.05, 0) is 39.2 Å². The van der Waals surface area contributed by atoms with Crippen LogP contribution in [0.3, 0.4) is 0 Å². The first-order valence-electron chi connectivity index (χ1n) is 6.77. The van der Waals surface area contributed by atoms with Crippen LogP contribution in [0.1, 0.15) is 31.4 Å². The van der Waals surface area contributed by atoms with Crippen LogP contribution in [0.5, 0.6) is 0 Å². The van der Waals surface area contributed by atoms with E-state index in [0.29, 0.717) is 5.15 Å². The molecule has 0 atom stereocenters. The van der Waals surface area contributed by atoms with E-state index in [9.17, 15) is 0 Å². The first-order chi connectivity index (χ1) is 9.48. The van der Waals surface area contributed by atoms with Gasteiger partial charge in [0.25, 0.3) is 0 Å². The third-order valence-corrected chi connectivity index (χ3v) is 3.74. The predicted molar refractivity (Wildman–Crippen MR) is 84.2 cm³/mol. The minimum atomic E-state index is -0.0573. The van der Waals surface area contributed by atoms with E-state index in [1.54, 1.807) is 0 Å². The highest BCUT2D eigenvalue weighted by molar-refractivity contribution is 6.30. The Bertz CT molecular complexity index is 567. The highest BCUT2D eigenvalue weighted by Gasteiger charge is 2.19. The number of halogens is 1. The summed E-state index contributed by atoms with van der Waals surface area (Å²) < 4.78 is 0. The minimum absolute atomic E-state index is 0.0573. The summed E-state index contributed by atoms with van der Waals surface area (Å²) in [6.45, 7) is 6.27. The van der Waals surface area contributed by atoms with Gasteiger partial charge in [-0.2, -0.15) is 0 Å². The third-order valence-electron chi connectivity index (χ3n) is 3.36. The van der Waals surface area contributed by atoms with Crippen LogP contribution < -0.4 is 5.32 Å². The van der Waals surface area contributed by atoms with Gasteiger partial charge in [0.05, 0.1) is 0 Å². The average molecular weight is 290 g/mol. The number of nitrogens with zero attached hydrogens (tertiary/aromatic N) is 2. The first-order valence-corrected chi connectivity index (χ1v) is 7.15. The fraction of sp³-hybridized carbons (Fsp3) is 0.375. The molecule has 0 aliphatic heterocycles. The molecule has 0 aliphatic carbocycles. The van der Waals surface area contributed by atoms with Crippen molar-refractivity contribution in [2.45, 2.75) is 39.2 Å². The van der Waals surface area contributed by atoms with Crippen molar-refractivity contribution >= 4 is 17.4 Å². The zero-order valence-corrected chi connectivity index (χ0v) is 12.9. The van der Waals surface area contributed by atoms with Gasteiger partial charge < -0.3 is 5.32 Å². The van der Waals surface area contributed by atoms with Gasteiger partial charge in [0, 0.05) is 11.1 Å². The van der Waals surface area contributed by atoms with E-state index in [0.717, 1.165) is 24.2 Å². The van der Waals surface area contributed by atoms with Crippen molar-refractivity contribution in [2.24, 2.45) is 0 Å². The fourth-order valence-electron chi connectivity index (χ4n) is 2.04. The topological polar surface area (TPSA) is 37.8 Å². The monoisotopic (exact) mass is 289 g/mol. The lowest BCUT2D eigenvalue weighted by Crippen LogP contribution is -2.32. The molecular weight excluding hydrogens is 270 g/mol. The average Bonchev–Trinajstić information content (AvgIpc) is 2.43. The van der Waals surface area contributed by atoms with Crippen LogP contribution in [0.2, 0.25) is 5.15 Å². The molecule has 0 saturated heterocycles. The minimum Gasteiger partial charge on any atom is -0.365 e. The molecule has 0 radical (unpaired) electrons. The number of hydrogen-bond donors (Lipinski definition) is 1. The van der Waals surface area contributed by atoms with Gasteiger partial charge in [0.1, 0.15) is 17.3 Å². The Morgan fingerprint density at radius 1 is 1.15 bits per heavy atom. The number of anilines is 1. The van der Waals surface area contributed by atoms with Crippen LogP contribution in [0.25, 0.3) is 0 Å². The quantitative estimate of drug-likeness (QED) is 0.836. The largest absolute Gasteiger partial charge is 0.365 e. The molecule has 0 unspecified atom stereocenters.